The zero-order valence-electron chi connectivity index (χ0n) is 8.74. The van der Waals surface area contributed by atoms with Crippen molar-refractivity contribution >= 4 is 11.9 Å². The van der Waals surface area contributed by atoms with Crippen LogP contribution in [0, 0.1) is 11.8 Å². The Morgan fingerprint density at radius 2 is 2.00 bits per heavy atom. The third-order valence-corrected chi connectivity index (χ3v) is 2.83. The van der Waals surface area contributed by atoms with E-state index in [1.807, 2.05) is 0 Å². The highest BCUT2D eigenvalue weighted by atomic mass is 16.4. The van der Waals surface area contributed by atoms with Gasteiger partial charge >= 0.3 is 5.97 Å². The maximum atomic E-state index is 11.5. The van der Waals surface area contributed by atoms with Crippen LogP contribution in [0.25, 0.3) is 0 Å². The molecular weight excluding hydrogens is 196 g/mol. The summed E-state index contributed by atoms with van der Waals surface area (Å²) in [6.07, 6.45) is 2.54. The molecule has 0 saturated heterocycles. The van der Waals surface area contributed by atoms with Gasteiger partial charge in [-0.05, 0) is 32.2 Å². The molecule has 15 heavy (non-hydrogen) atoms. The number of hydrogen-bond acceptors (Lipinski definition) is 3. The van der Waals surface area contributed by atoms with Gasteiger partial charge in [0.15, 0.2) is 0 Å². The largest absolute Gasteiger partial charge is 0.481 e. The van der Waals surface area contributed by atoms with Crippen LogP contribution in [-0.2, 0) is 9.59 Å². The highest BCUT2D eigenvalue weighted by molar-refractivity contribution is 5.80. The first-order valence-corrected chi connectivity index (χ1v) is 5.35. The molecule has 0 bridgehead atoms. The maximum absolute atomic E-state index is 11.5. The molecule has 1 aliphatic carbocycles. The van der Waals surface area contributed by atoms with Crippen molar-refractivity contribution in [3.8, 4) is 0 Å². The fourth-order valence-electron chi connectivity index (χ4n) is 1.90. The van der Waals surface area contributed by atoms with Crippen LogP contribution in [0.4, 0.5) is 0 Å². The molecule has 4 N–H and O–H groups in total. The van der Waals surface area contributed by atoms with Crippen LogP contribution in [0.1, 0.15) is 25.7 Å². The first-order valence-electron chi connectivity index (χ1n) is 5.35. The highest BCUT2D eigenvalue weighted by Crippen LogP contribution is 2.30. The Kier molecular flexibility index (Phi) is 4.55. The number of carboxylic acid groups (broad SMARTS) is 1. The topological polar surface area (TPSA) is 92.4 Å². The molecule has 2 atom stereocenters. The number of nitrogens with one attached hydrogen (secondary N) is 1. The maximum Gasteiger partial charge on any atom is 0.306 e. The lowest BCUT2D eigenvalue weighted by molar-refractivity contribution is -0.141. The summed E-state index contributed by atoms with van der Waals surface area (Å²) in [6, 6.07) is 0. The normalized spacial score (nSPS) is 25.1. The summed E-state index contributed by atoms with van der Waals surface area (Å²) in [4.78, 5) is 22.2. The predicted molar refractivity (Wildman–Crippen MR) is 55.1 cm³/mol. The van der Waals surface area contributed by atoms with E-state index in [1.165, 1.54) is 0 Å². The van der Waals surface area contributed by atoms with E-state index in [0.29, 0.717) is 32.4 Å². The van der Waals surface area contributed by atoms with E-state index >= 15 is 0 Å². The summed E-state index contributed by atoms with van der Waals surface area (Å²) in [7, 11) is 0. The Bertz CT molecular complexity index is 243. The lowest BCUT2D eigenvalue weighted by Gasteiger charge is -2.09. The van der Waals surface area contributed by atoms with Crippen LogP contribution in [0.5, 0.6) is 0 Å². The van der Waals surface area contributed by atoms with Crippen molar-refractivity contribution in [1.29, 1.82) is 0 Å². The monoisotopic (exact) mass is 214 g/mol. The molecule has 0 heterocycles. The molecule has 1 aliphatic rings. The van der Waals surface area contributed by atoms with Crippen LogP contribution < -0.4 is 11.1 Å². The van der Waals surface area contributed by atoms with Gasteiger partial charge in [0.05, 0.1) is 5.92 Å². The molecular formula is C10H18N2O3. The van der Waals surface area contributed by atoms with E-state index in [1.54, 1.807) is 0 Å². The SMILES string of the molecule is NCCCNC(=O)[C@@H]1CC[C@H](C(=O)O)C1. The summed E-state index contributed by atoms with van der Waals surface area (Å²) >= 11 is 0. The Hall–Kier alpha value is -1.10. The fraction of sp³-hybridized carbons (Fsp3) is 0.800. The van der Waals surface area contributed by atoms with Gasteiger partial charge < -0.3 is 16.2 Å². The minimum atomic E-state index is -0.785. The van der Waals surface area contributed by atoms with E-state index in [2.05, 4.69) is 5.32 Å². The van der Waals surface area contributed by atoms with Gasteiger partial charge in [0, 0.05) is 12.5 Å². The van der Waals surface area contributed by atoms with Crippen LogP contribution in [0.3, 0.4) is 0 Å². The second-order valence-electron chi connectivity index (χ2n) is 3.98. The minimum Gasteiger partial charge on any atom is -0.481 e. The summed E-state index contributed by atoms with van der Waals surface area (Å²) in [5.41, 5.74) is 5.30. The number of carboxylic acids is 1. The van der Waals surface area contributed by atoms with Gasteiger partial charge in [-0.25, -0.2) is 0 Å². The zero-order chi connectivity index (χ0) is 11.3. The van der Waals surface area contributed by atoms with Gasteiger partial charge in [-0.1, -0.05) is 0 Å². The molecule has 5 heteroatoms. The van der Waals surface area contributed by atoms with Crippen molar-refractivity contribution in [3.05, 3.63) is 0 Å². The van der Waals surface area contributed by atoms with Crippen molar-refractivity contribution in [3.63, 3.8) is 0 Å². The molecule has 1 fully saturated rings. The van der Waals surface area contributed by atoms with Crippen LogP contribution in [0.2, 0.25) is 0 Å². The average Bonchev–Trinajstić information content (AvgIpc) is 2.66. The summed E-state index contributed by atoms with van der Waals surface area (Å²) in [5.74, 6) is -1.27. The van der Waals surface area contributed by atoms with E-state index in [-0.39, 0.29) is 17.7 Å². The summed E-state index contributed by atoms with van der Waals surface area (Å²) in [6.45, 7) is 1.15. The smallest absolute Gasteiger partial charge is 0.306 e. The third kappa shape index (κ3) is 3.51. The molecule has 0 aliphatic heterocycles. The molecule has 0 aromatic rings. The molecule has 1 amide bonds. The number of carbonyl (C=O) groups is 2. The number of hydrogen-bond donors (Lipinski definition) is 3. The average molecular weight is 214 g/mol. The molecule has 0 aromatic carbocycles. The first-order chi connectivity index (χ1) is 7.15. The molecule has 86 valence electrons. The van der Waals surface area contributed by atoms with Crippen molar-refractivity contribution in [2.45, 2.75) is 25.7 Å². The lowest BCUT2D eigenvalue weighted by Crippen LogP contribution is -2.31. The first kappa shape index (κ1) is 12.0. The highest BCUT2D eigenvalue weighted by Gasteiger charge is 2.33. The summed E-state index contributed by atoms with van der Waals surface area (Å²) in [5, 5.41) is 11.6. The number of carbonyl (C=O) groups excluding carboxylic acids is 1. The van der Waals surface area contributed by atoms with Gasteiger partial charge in [0.2, 0.25) is 5.91 Å². The minimum absolute atomic E-state index is 0.0211. The Morgan fingerprint density at radius 1 is 1.33 bits per heavy atom. The molecule has 5 nitrogen and oxygen atoms in total. The van der Waals surface area contributed by atoms with Gasteiger partial charge in [-0.3, -0.25) is 9.59 Å². The molecule has 1 saturated carbocycles. The Balaban J connectivity index is 2.27. The number of nitrogens with two attached hydrogens (primary N) is 1. The molecule has 1 rings (SSSR count). The molecule has 0 radical (unpaired) electrons. The fourth-order valence-corrected chi connectivity index (χ4v) is 1.90. The van der Waals surface area contributed by atoms with E-state index in [0.717, 1.165) is 6.42 Å². The molecule has 0 aromatic heterocycles. The predicted octanol–water partition coefficient (Wildman–Crippen LogP) is -0.0477. The van der Waals surface area contributed by atoms with Crippen molar-refractivity contribution in [2.24, 2.45) is 17.6 Å². The number of rotatable bonds is 5. The third-order valence-electron chi connectivity index (χ3n) is 2.83. The molecule has 0 spiro atoms. The zero-order valence-corrected chi connectivity index (χ0v) is 8.74. The molecule has 0 unspecified atom stereocenters. The van der Waals surface area contributed by atoms with Crippen molar-refractivity contribution in [2.75, 3.05) is 13.1 Å². The summed E-state index contributed by atoms with van der Waals surface area (Å²) < 4.78 is 0. The van der Waals surface area contributed by atoms with Crippen LogP contribution >= 0.6 is 0 Å². The van der Waals surface area contributed by atoms with Crippen molar-refractivity contribution < 1.29 is 14.7 Å². The quantitative estimate of drug-likeness (QED) is 0.559. The standard InChI is InChI=1S/C10H18N2O3/c11-4-1-5-12-9(13)7-2-3-8(6-7)10(14)15/h7-8H,1-6,11H2,(H,12,13)(H,14,15)/t7-,8+/m1/s1. The van der Waals surface area contributed by atoms with Gasteiger partial charge in [0.1, 0.15) is 0 Å². The van der Waals surface area contributed by atoms with Crippen LogP contribution in [-0.4, -0.2) is 30.1 Å². The van der Waals surface area contributed by atoms with Gasteiger partial charge in [0.25, 0.3) is 0 Å². The van der Waals surface area contributed by atoms with E-state index in [4.69, 9.17) is 10.8 Å². The number of aliphatic carboxylic acids is 1. The Labute approximate surface area is 89.0 Å². The van der Waals surface area contributed by atoms with Crippen LogP contribution in [0.15, 0.2) is 0 Å². The van der Waals surface area contributed by atoms with Crippen molar-refractivity contribution in [1.82, 2.24) is 5.32 Å². The Morgan fingerprint density at radius 3 is 2.53 bits per heavy atom. The number of amides is 1. The second-order valence-corrected chi connectivity index (χ2v) is 3.98. The van der Waals surface area contributed by atoms with Gasteiger partial charge in [-0.15, -0.1) is 0 Å². The van der Waals surface area contributed by atoms with E-state index in [9.17, 15) is 9.59 Å². The second kappa shape index (κ2) is 5.70. The van der Waals surface area contributed by atoms with E-state index < -0.39 is 5.97 Å². The van der Waals surface area contributed by atoms with Gasteiger partial charge in [-0.2, -0.15) is 0 Å². The lowest BCUT2D eigenvalue weighted by atomic mass is 10.0.